The van der Waals surface area contributed by atoms with Gasteiger partial charge in [0.05, 0.1) is 10.6 Å². The highest BCUT2D eigenvalue weighted by atomic mass is 35.5. The topological polar surface area (TPSA) is 58.2 Å². The van der Waals surface area contributed by atoms with Gasteiger partial charge in [0.15, 0.2) is 0 Å². The minimum Gasteiger partial charge on any atom is -0.268 e. The number of rotatable bonds is 4. The molecule has 0 spiro atoms. The summed E-state index contributed by atoms with van der Waals surface area (Å²) in [7, 11) is 0. The molecule has 0 aliphatic carbocycles. The van der Waals surface area contributed by atoms with Crippen molar-refractivity contribution in [3.8, 4) is 0 Å². The minimum absolute atomic E-state index is 0.183. The third kappa shape index (κ3) is 5.62. The Labute approximate surface area is 156 Å². The van der Waals surface area contributed by atoms with Gasteiger partial charge >= 0.3 is 0 Å². The van der Waals surface area contributed by atoms with E-state index in [0.29, 0.717) is 10.9 Å². The van der Waals surface area contributed by atoms with Gasteiger partial charge in [-0.25, -0.2) is 0 Å². The number of halogens is 2. The Morgan fingerprint density at radius 2 is 1.68 bits per heavy atom. The molecule has 130 valence electrons. The van der Waals surface area contributed by atoms with Gasteiger partial charge in [-0.05, 0) is 41.3 Å². The Morgan fingerprint density at radius 1 is 1.00 bits per heavy atom. The van der Waals surface area contributed by atoms with Crippen LogP contribution < -0.4 is 10.9 Å². The molecule has 0 bridgehead atoms. The molecule has 2 aromatic rings. The maximum Gasteiger partial charge on any atom is 0.271 e. The van der Waals surface area contributed by atoms with Crippen LogP contribution in [0.5, 0.6) is 0 Å². The Kier molecular flexibility index (Phi) is 6.62. The predicted octanol–water partition coefficient (Wildman–Crippen LogP) is 4.59. The lowest BCUT2D eigenvalue weighted by Gasteiger charge is -2.07. The van der Waals surface area contributed by atoms with Crippen LogP contribution in [0.15, 0.2) is 48.5 Å². The summed E-state index contributed by atoms with van der Waals surface area (Å²) in [5.41, 5.74) is 6.90. The Morgan fingerprint density at radius 3 is 2.32 bits per heavy atom. The highest BCUT2D eigenvalue weighted by Gasteiger charge is 2.11. The molecule has 0 aromatic heterocycles. The number of hydrogen-bond acceptors (Lipinski definition) is 2. The van der Waals surface area contributed by atoms with Crippen molar-refractivity contribution in [2.75, 3.05) is 0 Å². The molecule has 2 N–H and O–H groups in total. The van der Waals surface area contributed by atoms with Gasteiger partial charge < -0.3 is 0 Å². The van der Waals surface area contributed by atoms with Gasteiger partial charge in [0.2, 0.25) is 0 Å². The van der Waals surface area contributed by atoms with Crippen molar-refractivity contribution >= 4 is 41.1 Å². The van der Waals surface area contributed by atoms with Gasteiger partial charge in [-0.3, -0.25) is 20.4 Å². The molecule has 0 aliphatic heterocycles. The Bertz CT molecular complexity index is 800. The second kappa shape index (κ2) is 8.70. The van der Waals surface area contributed by atoms with Crippen LogP contribution >= 0.6 is 23.2 Å². The zero-order valence-electron chi connectivity index (χ0n) is 13.8. The molecule has 0 aliphatic rings. The summed E-state index contributed by atoms with van der Waals surface area (Å²) in [6, 6.07) is 12.4. The Balaban J connectivity index is 1.91. The molecular formula is C19H18Cl2N2O2. The molecule has 0 saturated heterocycles. The summed E-state index contributed by atoms with van der Waals surface area (Å²) in [6.07, 6.45) is 3.00. The molecule has 6 heteroatoms. The zero-order valence-corrected chi connectivity index (χ0v) is 15.4. The normalized spacial score (nSPS) is 10.9. The van der Waals surface area contributed by atoms with Crippen LogP contribution in [0, 0.1) is 0 Å². The van der Waals surface area contributed by atoms with Crippen molar-refractivity contribution in [2.45, 2.75) is 19.8 Å². The van der Waals surface area contributed by atoms with Crippen LogP contribution in [0.4, 0.5) is 0 Å². The average molecular weight is 377 g/mol. The Hall–Kier alpha value is -2.30. The molecule has 0 saturated carbocycles. The molecule has 25 heavy (non-hydrogen) atoms. The van der Waals surface area contributed by atoms with E-state index in [4.69, 9.17) is 23.2 Å². The van der Waals surface area contributed by atoms with Gasteiger partial charge in [0, 0.05) is 11.1 Å². The third-order valence-corrected chi connectivity index (χ3v) is 4.07. The fourth-order valence-electron chi connectivity index (χ4n) is 2.06. The van der Waals surface area contributed by atoms with Crippen molar-refractivity contribution in [1.82, 2.24) is 10.9 Å². The van der Waals surface area contributed by atoms with Crippen molar-refractivity contribution in [1.29, 1.82) is 0 Å². The lowest BCUT2D eigenvalue weighted by atomic mass is 10.0. The van der Waals surface area contributed by atoms with E-state index in [1.165, 1.54) is 23.8 Å². The van der Waals surface area contributed by atoms with Gasteiger partial charge in [0.25, 0.3) is 11.8 Å². The van der Waals surface area contributed by atoms with E-state index in [9.17, 15) is 9.59 Å². The quantitative estimate of drug-likeness (QED) is 0.605. The van der Waals surface area contributed by atoms with E-state index in [2.05, 4.69) is 24.7 Å². The summed E-state index contributed by atoms with van der Waals surface area (Å²) < 4.78 is 0. The number of nitrogens with one attached hydrogen (secondary N) is 2. The molecule has 0 heterocycles. The van der Waals surface area contributed by atoms with Crippen molar-refractivity contribution in [3.05, 3.63) is 75.3 Å². The SMILES string of the molecule is CC(C)c1ccc(/C=C/C(=O)NNC(=O)c2cc(Cl)ccc2Cl)cc1. The number of carbonyl (C=O) groups excluding carboxylic acids is 2. The summed E-state index contributed by atoms with van der Waals surface area (Å²) in [6.45, 7) is 4.24. The molecule has 0 atom stereocenters. The fraction of sp³-hybridized carbons (Fsp3) is 0.158. The summed E-state index contributed by atoms with van der Waals surface area (Å²) >= 11 is 11.8. The smallest absolute Gasteiger partial charge is 0.268 e. The van der Waals surface area contributed by atoms with E-state index >= 15 is 0 Å². The van der Waals surface area contributed by atoms with Crippen LogP contribution in [-0.2, 0) is 4.79 Å². The zero-order chi connectivity index (χ0) is 18.4. The maximum absolute atomic E-state index is 12.0. The van der Waals surface area contributed by atoms with Crippen molar-refractivity contribution in [2.24, 2.45) is 0 Å². The summed E-state index contributed by atoms with van der Waals surface area (Å²) in [4.78, 5) is 23.8. The number of benzene rings is 2. The summed E-state index contributed by atoms with van der Waals surface area (Å²) in [5, 5.41) is 0.627. The molecule has 2 aromatic carbocycles. The van der Waals surface area contributed by atoms with Crippen LogP contribution in [0.25, 0.3) is 6.08 Å². The molecule has 2 amide bonds. The molecule has 0 unspecified atom stereocenters. The van der Waals surface area contributed by atoms with Gasteiger partial charge in [-0.2, -0.15) is 0 Å². The molecule has 0 radical (unpaired) electrons. The first-order chi connectivity index (χ1) is 11.9. The minimum atomic E-state index is -0.546. The van der Waals surface area contributed by atoms with E-state index < -0.39 is 11.8 Å². The lowest BCUT2D eigenvalue weighted by Crippen LogP contribution is -2.40. The van der Waals surface area contributed by atoms with E-state index in [1.54, 1.807) is 12.1 Å². The van der Waals surface area contributed by atoms with Gasteiger partial charge in [-0.1, -0.05) is 61.3 Å². The maximum atomic E-state index is 12.0. The monoisotopic (exact) mass is 376 g/mol. The first-order valence-electron chi connectivity index (χ1n) is 7.70. The number of hydrogen-bond donors (Lipinski definition) is 2. The van der Waals surface area contributed by atoms with E-state index in [1.807, 2.05) is 24.3 Å². The number of carbonyl (C=O) groups is 2. The van der Waals surface area contributed by atoms with Crippen LogP contribution in [0.2, 0.25) is 10.0 Å². The molecular weight excluding hydrogens is 359 g/mol. The second-order valence-electron chi connectivity index (χ2n) is 5.72. The largest absolute Gasteiger partial charge is 0.271 e. The lowest BCUT2D eigenvalue weighted by molar-refractivity contribution is -0.117. The van der Waals surface area contributed by atoms with Crippen LogP contribution in [0.3, 0.4) is 0 Å². The van der Waals surface area contributed by atoms with E-state index in [0.717, 1.165) is 5.56 Å². The summed E-state index contributed by atoms with van der Waals surface area (Å²) in [5.74, 6) is -0.551. The van der Waals surface area contributed by atoms with Gasteiger partial charge in [0.1, 0.15) is 0 Å². The van der Waals surface area contributed by atoms with Crippen molar-refractivity contribution in [3.63, 3.8) is 0 Å². The van der Waals surface area contributed by atoms with E-state index in [-0.39, 0.29) is 10.6 Å². The van der Waals surface area contributed by atoms with Gasteiger partial charge in [-0.15, -0.1) is 0 Å². The average Bonchev–Trinajstić information content (AvgIpc) is 2.60. The van der Waals surface area contributed by atoms with Crippen molar-refractivity contribution < 1.29 is 9.59 Å². The first-order valence-corrected chi connectivity index (χ1v) is 8.46. The third-order valence-electron chi connectivity index (χ3n) is 3.50. The van der Waals surface area contributed by atoms with Crippen LogP contribution in [0.1, 0.15) is 41.3 Å². The first kappa shape index (κ1) is 19.0. The second-order valence-corrected chi connectivity index (χ2v) is 6.57. The highest BCUT2D eigenvalue weighted by Crippen LogP contribution is 2.20. The molecule has 2 rings (SSSR count). The molecule has 4 nitrogen and oxygen atoms in total. The standard InChI is InChI=1S/C19H18Cl2N2O2/c1-12(2)14-6-3-13(4-7-14)5-10-18(24)22-23-19(25)16-11-15(20)8-9-17(16)21/h3-12H,1-2H3,(H,22,24)(H,23,25)/b10-5+. The van der Waals surface area contributed by atoms with Crippen LogP contribution in [-0.4, -0.2) is 11.8 Å². The highest BCUT2D eigenvalue weighted by molar-refractivity contribution is 6.35. The predicted molar refractivity (Wildman–Crippen MR) is 102 cm³/mol. The number of hydrazine groups is 1. The number of amides is 2. The fourth-order valence-corrected chi connectivity index (χ4v) is 2.44. The molecule has 0 fully saturated rings.